The molecule has 1 aromatic carbocycles. The van der Waals surface area contributed by atoms with Crippen LogP contribution in [0.5, 0.6) is 0 Å². The lowest BCUT2D eigenvalue weighted by Gasteiger charge is -2.34. The standard InChI is InChI=1S/C19H15ClN4O2/c20-13-4-1-3-11(7-13)18-17-14(23-19-21-10-22-24(18)19)8-12(9-15(17)25)16-5-2-6-26-16/h1-7,10,12,18H,8-9H2,(H,21,22,23)/t12-,18+/m1/s1. The second-order valence-corrected chi connectivity index (χ2v) is 6.98. The molecule has 0 amide bonds. The number of hydrogen-bond donors (Lipinski definition) is 1. The van der Waals surface area contributed by atoms with Crippen LogP contribution >= 0.6 is 11.6 Å². The molecule has 130 valence electrons. The number of halogens is 1. The molecule has 0 unspecified atom stereocenters. The van der Waals surface area contributed by atoms with E-state index >= 15 is 0 Å². The van der Waals surface area contributed by atoms with Crippen molar-refractivity contribution in [2.75, 3.05) is 5.32 Å². The SMILES string of the molecule is O=C1C[C@H](c2ccco2)CC2=C1[C@H](c1cccc(Cl)c1)n1ncnc1N2. The van der Waals surface area contributed by atoms with Gasteiger partial charge in [-0.05, 0) is 36.2 Å². The highest BCUT2D eigenvalue weighted by molar-refractivity contribution is 6.30. The number of nitrogens with zero attached hydrogens (tertiary/aromatic N) is 3. The molecule has 1 aliphatic carbocycles. The van der Waals surface area contributed by atoms with Crippen LogP contribution < -0.4 is 5.32 Å². The summed E-state index contributed by atoms with van der Waals surface area (Å²) in [7, 11) is 0. The Kier molecular flexibility index (Phi) is 3.46. The fourth-order valence-corrected chi connectivity index (χ4v) is 4.06. The van der Waals surface area contributed by atoms with Crippen molar-refractivity contribution in [3.63, 3.8) is 0 Å². The van der Waals surface area contributed by atoms with Gasteiger partial charge in [0.25, 0.3) is 0 Å². The van der Waals surface area contributed by atoms with Crippen LogP contribution in [-0.2, 0) is 4.79 Å². The average Bonchev–Trinajstić information content (AvgIpc) is 3.31. The minimum absolute atomic E-state index is 0.0261. The number of furan rings is 1. The summed E-state index contributed by atoms with van der Waals surface area (Å²) < 4.78 is 7.28. The molecule has 0 radical (unpaired) electrons. The van der Waals surface area contributed by atoms with Crippen LogP contribution in [0, 0.1) is 0 Å². The van der Waals surface area contributed by atoms with Gasteiger partial charge in [0, 0.05) is 28.6 Å². The number of nitrogens with one attached hydrogen (secondary N) is 1. The smallest absolute Gasteiger partial charge is 0.226 e. The summed E-state index contributed by atoms with van der Waals surface area (Å²) in [5, 5.41) is 8.25. The maximum Gasteiger partial charge on any atom is 0.226 e. The second kappa shape index (κ2) is 5.85. The molecule has 0 saturated carbocycles. The van der Waals surface area contributed by atoms with E-state index in [9.17, 15) is 4.79 Å². The highest BCUT2D eigenvalue weighted by Gasteiger charge is 2.39. The molecule has 0 fully saturated rings. The van der Waals surface area contributed by atoms with Crippen LogP contribution in [0.1, 0.15) is 36.1 Å². The predicted molar refractivity (Wildman–Crippen MR) is 96.0 cm³/mol. The Bertz CT molecular complexity index is 1020. The van der Waals surface area contributed by atoms with Gasteiger partial charge in [-0.25, -0.2) is 4.68 Å². The lowest BCUT2D eigenvalue weighted by Crippen LogP contribution is -2.33. The van der Waals surface area contributed by atoms with Gasteiger partial charge in [0.1, 0.15) is 18.1 Å². The van der Waals surface area contributed by atoms with Crippen molar-refractivity contribution >= 4 is 23.3 Å². The fraction of sp³-hybridized carbons (Fsp3) is 0.211. The maximum atomic E-state index is 13.1. The minimum Gasteiger partial charge on any atom is -0.469 e. The molecule has 1 N–H and O–H groups in total. The van der Waals surface area contributed by atoms with Gasteiger partial charge in [-0.2, -0.15) is 10.1 Å². The highest BCUT2D eigenvalue weighted by atomic mass is 35.5. The van der Waals surface area contributed by atoms with Gasteiger partial charge in [0.2, 0.25) is 5.95 Å². The summed E-state index contributed by atoms with van der Waals surface area (Å²) in [6.45, 7) is 0. The van der Waals surface area contributed by atoms with Crippen molar-refractivity contribution in [1.29, 1.82) is 0 Å². The fourth-order valence-electron chi connectivity index (χ4n) is 3.86. The lowest BCUT2D eigenvalue weighted by atomic mass is 9.79. The average molecular weight is 367 g/mol. The molecule has 2 aliphatic rings. The first-order valence-electron chi connectivity index (χ1n) is 8.42. The number of anilines is 1. The lowest BCUT2D eigenvalue weighted by molar-refractivity contribution is -0.117. The Hall–Kier alpha value is -2.86. The first kappa shape index (κ1) is 15.4. The summed E-state index contributed by atoms with van der Waals surface area (Å²) in [6, 6.07) is 11.0. The van der Waals surface area contributed by atoms with Crippen LogP contribution in [0.4, 0.5) is 5.95 Å². The molecule has 26 heavy (non-hydrogen) atoms. The Morgan fingerprint density at radius 2 is 2.15 bits per heavy atom. The molecule has 0 spiro atoms. The Balaban J connectivity index is 1.63. The molecule has 7 heteroatoms. The third-order valence-corrected chi connectivity index (χ3v) is 5.21. The number of benzene rings is 1. The van der Waals surface area contributed by atoms with E-state index in [0.717, 1.165) is 22.6 Å². The number of aromatic nitrogens is 3. The van der Waals surface area contributed by atoms with Gasteiger partial charge < -0.3 is 9.73 Å². The van der Waals surface area contributed by atoms with Crippen molar-refractivity contribution < 1.29 is 9.21 Å². The summed E-state index contributed by atoms with van der Waals surface area (Å²) in [5.41, 5.74) is 2.53. The van der Waals surface area contributed by atoms with Crippen LogP contribution in [0.3, 0.4) is 0 Å². The van der Waals surface area contributed by atoms with E-state index in [0.29, 0.717) is 23.8 Å². The van der Waals surface area contributed by atoms with Crippen molar-refractivity contribution in [1.82, 2.24) is 14.8 Å². The summed E-state index contributed by atoms with van der Waals surface area (Å²) >= 11 is 6.19. The quantitative estimate of drug-likeness (QED) is 0.743. The van der Waals surface area contributed by atoms with Crippen LogP contribution in [-0.4, -0.2) is 20.5 Å². The first-order chi connectivity index (χ1) is 12.7. The second-order valence-electron chi connectivity index (χ2n) is 6.55. The number of allylic oxidation sites excluding steroid dienone is 2. The van der Waals surface area contributed by atoms with E-state index in [-0.39, 0.29) is 17.7 Å². The van der Waals surface area contributed by atoms with Crippen LogP contribution in [0.25, 0.3) is 0 Å². The molecule has 1 aliphatic heterocycles. The molecular formula is C19H15ClN4O2. The summed E-state index contributed by atoms with van der Waals surface area (Å²) in [6.07, 6.45) is 4.24. The third kappa shape index (κ3) is 2.37. The summed E-state index contributed by atoms with van der Waals surface area (Å²) in [4.78, 5) is 17.4. The van der Waals surface area contributed by atoms with Gasteiger partial charge in [0.05, 0.1) is 6.26 Å². The maximum absolute atomic E-state index is 13.1. The Labute approximate surface area is 154 Å². The minimum atomic E-state index is -0.326. The highest BCUT2D eigenvalue weighted by Crippen LogP contribution is 2.44. The van der Waals surface area contributed by atoms with Crippen LogP contribution in [0.2, 0.25) is 5.02 Å². The predicted octanol–water partition coefficient (Wildman–Crippen LogP) is 3.94. The van der Waals surface area contributed by atoms with Crippen LogP contribution in [0.15, 0.2) is 64.7 Å². The molecule has 0 saturated heterocycles. The van der Waals surface area contributed by atoms with E-state index in [4.69, 9.17) is 16.0 Å². The van der Waals surface area contributed by atoms with Gasteiger partial charge >= 0.3 is 0 Å². The van der Waals surface area contributed by atoms with Crippen molar-refractivity contribution in [3.8, 4) is 0 Å². The molecule has 2 atom stereocenters. The number of carbonyl (C=O) groups excluding carboxylic acids is 1. The molecular weight excluding hydrogens is 352 g/mol. The van der Waals surface area contributed by atoms with Gasteiger partial charge in [-0.15, -0.1) is 0 Å². The number of ketones is 1. The molecule has 5 rings (SSSR count). The van der Waals surface area contributed by atoms with E-state index in [2.05, 4.69) is 15.4 Å². The summed E-state index contributed by atoms with van der Waals surface area (Å²) in [5.74, 6) is 1.57. The largest absolute Gasteiger partial charge is 0.469 e. The molecule has 0 bridgehead atoms. The van der Waals surface area contributed by atoms with Gasteiger partial charge in [0.15, 0.2) is 5.78 Å². The van der Waals surface area contributed by atoms with Gasteiger partial charge in [-0.1, -0.05) is 23.7 Å². The molecule has 3 heterocycles. The van der Waals surface area contributed by atoms with E-state index in [1.54, 1.807) is 10.9 Å². The topological polar surface area (TPSA) is 73.0 Å². The molecule has 2 aromatic heterocycles. The van der Waals surface area contributed by atoms with Crippen molar-refractivity contribution in [2.45, 2.75) is 24.8 Å². The zero-order valence-corrected chi connectivity index (χ0v) is 14.5. The number of carbonyl (C=O) groups is 1. The third-order valence-electron chi connectivity index (χ3n) is 4.97. The van der Waals surface area contributed by atoms with Crippen molar-refractivity contribution in [3.05, 3.63) is 76.6 Å². The van der Waals surface area contributed by atoms with Gasteiger partial charge in [-0.3, -0.25) is 4.79 Å². The Morgan fingerprint density at radius 3 is 2.96 bits per heavy atom. The zero-order valence-electron chi connectivity index (χ0n) is 13.7. The van der Waals surface area contributed by atoms with E-state index < -0.39 is 0 Å². The monoisotopic (exact) mass is 366 g/mol. The number of rotatable bonds is 2. The molecule has 3 aromatic rings. The number of hydrogen-bond acceptors (Lipinski definition) is 5. The number of Topliss-reactive ketones (excluding diaryl/α,β-unsaturated/α-hetero) is 1. The zero-order chi connectivity index (χ0) is 17.7. The van der Waals surface area contributed by atoms with Crippen molar-refractivity contribution in [2.24, 2.45) is 0 Å². The normalized spacial score (nSPS) is 22.0. The van der Waals surface area contributed by atoms with E-state index in [1.807, 2.05) is 36.4 Å². The Morgan fingerprint density at radius 1 is 1.23 bits per heavy atom. The first-order valence-corrected chi connectivity index (χ1v) is 8.80. The number of fused-ring (bicyclic) bond motifs is 1. The molecule has 6 nitrogen and oxygen atoms in total. The van der Waals surface area contributed by atoms with E-state index in [1.165, 1.54) is 6.33 Å².